The third kappa shape index (κ3) is 8.73. The van der Waals surface area contributed by atoms with Gasteiger partial charge in [0.2, 0.25) is 10.0 Å². The molecular formula is C20H37N2O2S+. The second-order valence-electron chi connectivity index (χ2n) is 7.16. The summed E-state index contributed by atoms with van der Waals surface area (Å²) in [5.41, 5.74) is 1.91. The van der Waals surface area contributed by atoms with Gasteiger partial charge in [-0.15, -0.1) is 0 Å². The number of nitrogens with one attached hydrogen (secondary N) is 1. The number of unbranched alkanes of at least 4 members (excludes halogenated alkanes) is 4. The number of hydrogen-bond donors (Lipinski definition) is 1. The topological polar surface area (TPSA) is 46.2 Å². The lowest BCUT2D eigenvalue weighted by atomic mass is 10.1. The van der Waals surface area contributed by atoms with Crippen molar-refractivity contribution in [2.75, 3.05) is 37.2 Å². The molecule has 5 heteroatoms. The SMILES string of the molecule is CCCCCCC[N+](CC)(CC)CCc1ccc(NS(C)(=O)=O)cc1. The molecule has 0 radical (unpaired) electrons. The van der Waals surface area contributed by atoms with E-state index in [1.807, 2.05) is 24.3 Å². The van der Waals surface area contributed by atoms with Crippen molar-refractivity contribution in [3.8, 4) is 0 Å². The summed E-state index contributed by atoms with van der Waals surface area (Å²) in [6, 6.07) is 7.78. The fourth-order valence-electron chi connectivity index (χ4n) is 3.34. The van der Waals surface area contributed by atoms with Crippen LogP contribution in [0.15, 0.2) is 24.3 Å². The molecular weight excluding hydrogens is 332 g/mol. The molecule has 0 atom stereocenters. The van der Waals surface area contributed by atoms with E-state index in [9.17, 15) is 8.42 Å². The van der Waals surface area contributed by atoms with E-state index in [1.165, 1.54) is 68.0 Å². The highest BCUT2D eigenvalue weighted by atomic mass is 32.2. The number of anilines is 1. The molecule has 0 aliphatic heterocycles. The van der Waals surface area contributed by atoms with Crippen LogP contribution >= 0.6 is 0 Å². The summed E-state index contributed by atoms with van der Waals surface area (Å²) in [7, 11) is -3.20. The van der Waals surface area contributed by atoms with E-state index < -0.39 is 10.0 Å². The van der Waals surface area contributed by atoms with Crippen LogP contribution in [0.5, 0.6) is 0 Å². The van der Waals surface area contributed by atoms with Crippen molar-refractivity contribution < 1.29 is 12.9 Å². The normalized spacial score (nSPS) is 12.3. The predicted molar refractivity (Wildman–Crippen MR) is 108 cm³/mol. The summed E-state index contributed by atoms with van der Waals surface area (Å²) in [5, 5.41) is 0. The molecule has 0 aromatic heterocycles. The van der Waals surface area contributed by atoms with Crippen LogP contribution in [0, 0.1) is 0 Å². The molecule has 0 fully saturated rings. The summed E-state index contributed by atoms with van der Waals surface area (Å²) < 4.78 is 26.2. The summed E-state index contributed by atoms with van der Waals surface area (Å²) in [6.07, 6.45) is 8.89. The highest BCUT2D eigenvalue weighted by Gasteiger charge is 2.22. The Balaban J connectivity index is 2.55. The van der Waals surface area contributed by atoms with Crippen LogP contribution in [-0.2, 0) is 16.4 Å². The maximum atomic E-state index is 11.3. The van der Waals surface area contributed by atoms with Crippen LogP contribution in [0.3, 0.4) is 0 Å². The van der Waals surface area contributed by atoms with E-state index in [4.69, 9.17) is 0 Å². The van der Waals surface area contributed by atoms with Gasteiger partial charge < -0.3 is 4.48 Å². The molecule has 0 heterocycles. The Morgan fingerprint density at radius 2 is 1.48 bits per heavy atom. The summed E-state index contributed by atoms with van der Waals surface area (Å²) in [4.78, 5) is 0. The Bertz CT molecular complexity index is 578. The zero-order chi connectivity index (χ0) is 18.8. The Hall–Kier alpha value is -1.07. The van der Waals surface area contributed by atoms with E-state index >= 15 is 0 Å². The molecule has 1 aromatic carbocycles. The molecule has 0 amide bonds. The third-order valence-corrected chi connectivity index (χ3v) is 5.82. The number of sulfonamides is 1. The van der Waals surface area contributed by atoms with E-state index in [-0.39, 0.29) is 0 Å². The number of hydrogen-bond acceptors (Lipinski definition) is 2. The van der Waals surface area contributed by atoms with Crippen molar-refractivity contribution in [3.05, 3.63) is 29.8 Å². The van der Waals surface area contributed by atoms with Crippen LogP contribution in [-0.4, -0.2) is 45.3 Å². The molecule has 25 heavy (non-hydrogen) atoms. The minimum Gasteiger partial charge on any atom is -0.324 e. The largest absolute Gasteiger partial charge is 0.324 e. The maximum Gasteiger partial charge on any atom is 0.229 e. The molecule has 144 valence electrons. The van der Waals surface area contributed by atoms with E-state index in [0.717, 1.165) is 13.0 Å². The van der Waals surface area contributed by atoms with Crippen LogP contribution < -0.4 is 4.72 Å². The first-order valence-corrected chi connectivity index (χ1v) is 11.6. The first-order valence-electron chi connectivity index (χ1n) is 9.76. The lowest BCUT2D eigenvalue weighted by Gasteiger charge is -2.37. The Morgan fingerprint density at radius 1 is 0.880 bits per heavy atom. The second kappa shape index (κ2) is 10.8. The van der Waals surface area contributed by atoms with Gasteiger partial charge in [0.25, 0.3) is 0 Å². The lowest BCUT2D eigenvalue weighted by Crippen LogP contribution is -2.49. The van der Waals surface area contributed by atoms with Crippen LogP contribution in [0.25, 0.3) is 0 Å². The Labute approximate surface area is 155 Å². The van der Waals surface area contributed by atoms with Gasteiger partial charge in [0.15, 0.2) is 0 Å². The number of benzene rings is 1. The number of nitrogens with zero attached hydrogens (tertiary/aromatic N) is 1. The van der Waals surface area contributed by atoms with Crippen molar-refractivity contribution >= 4 is 15.7 Å². The second-order valence-corrected chi connectivity index (χ2v) is 8.91. The van der Waals surface area contributed by atoms with Crippen molar-refractivity contribution in [2.24, 2.45) is 0 Å². The molecule has 1 rings (SSSR count). The van der Waals surface area contributed by atoms with Gasteiger partial charge in [-0.2, -0.15) is 0 Å². The highest BCUT2D eigenvalue weighted by molar-refractivity contribution is 7.92. The number of quaternary nitrogens is 1. The number of rotatable bonds is 13. The minimum absolute atomic E-state index is 0.633. The number of likely N-dealkylation sites (N-methyl/N-ethyl adjacent to an activating group) is 1. The molecule has 0 aliphatic carbocycles. The molecule has 0 bridgehead atoms. The molecule has 0 unspecified atom stereocenters. The van der Waals surface area contributed by atoms with Gasteiger partial charge in [-0.1, -0.05) is 38.3 Å². The zero-order valence-corrected chi connectivity index (χ0v) is 17.4. The standard InChI is InChI=1S/C20H37N2O2S/c1-5-8-9-10-11-17-22(6-2,7-3)18-16-19-12-14-20(15-13-19)21-25(4,23)24/h12-15,21H,5-11,16-18H2,1-4H3/q+1. The van der Waals surface area contributed by atoms with E-state index in [2.05, 4.69) is 25.5 Å². The van der Waals surface area contributed by atoms with Crippen LogP contribution in [0.4, 0.5) is 5.69 Å². The maximum absolute atomic E-state index is 11.3. The predicted octanol–water partition coefficient (Wildman–Crippen LogP) is 4.43. The summed E-state index contributed by atoms with van der Waals surface area (Å²) >= 11 is 0. The molecule has 0 saturated heterocycles. The van der Waals surface area contributed by atoms with Gasteiger partial charge >= 0.3 is 0 Å². The molecule has 0 aliphatic rings. The molecule has 1 aromatic rings. The van der Waals surface area contributed by atoms with Crippen LogP contribution in [0.1, 0.15) is 58.4 Å². The molecule has 1 N–H and O–H groups in total. The Morgan fingerprint density at radius 3 is 2.00 bits per heavy atom. The third-order valence-electron chi connectivity index (χ3n) is 5.21. The first kappa shape index (κ1) is 22.0. The van der Waals surface area contributed by atoms with Gasteiger partial charge in [0.05, 0.1) is 32.4 Å². The quantitative estimate of drug-likeness (QED) is 0.413. The average molecular weight is 370 g/mol. The summed E-state index contributed by atoms with van der Waals surface area (Å²) in [6.45, 7) is 11.6. The van der Waals surface area contributed by atoms with E-state index in [1.54, 1.807) is 0 Å². The monoisotopic (exact) mass is 369 g/mol. The summed E-state index contributed by atoms with van der Waals surface area (Å²) in [5.74, 6) is 0. The molecule has 0 spiro atoms. The minimum atomic E-state index is -3.20. The first-order chi connectivity index (χ1) is 11.8. The van der Waals surface area contributed by atoms with Crippen LogP contribution in [0.2, 0.25) is 0 Å². The fraction of sp³-hybridized carbons (Fsp3) is 0.700. The lowest BCUT2D eigenvalue weighted by molar-refractivity contribution is -0.925. The van der Waals surface area contributed by atoms with E-state index in [0.29, 0.717) is 5.69 Å². The van der Waals surface area contributed by atoms with Crippen molar-refractivity contribution in [1.29, 1.82) is 0 Å². The van der Waals surface area contributed by atoms with Crippen molar-refractivity contribution in [2.45, 2.75) is 59.3 Å². The van der Waals surface area contributed by atoms with Crippen molar-refractivity contribution in [3.63, 3.8) is 0 Å². The highest BCUT2D eigenvalue weighted by Crippen LogP contribution is 2.16. The average Bonchev–Trinajstić information content (AvgIpc) is 2.58. The Kier molecular flexibility index (Phi) is 9.51. The smallest absolute Gasteiger partial charge is 0.229 e. The molecule has 4 nitrogen and oxygen atoms in total. The zero-order valence-electron chi connectivity index (χ0n) is 16.6. The fourth-order valence-corrected chi connectivity index (χ4v) is 3.90. The van der Waals surface area contributed by atoms with Gasteiger partial charge in [-0.3, -0.25) is 4.72 Å². The van der Waals surface area contributed by atoms with Gasteiger partial charge in [0, 0.05) is 12.1 Å². The molecule has 0 saturated carbocycles. The van der Waals surface area contributed by atoms with Crippen molar-refractivity contribution in [1.82, 2.24) is 0 Å². The van der Waals surface area contributed by atoms with Gasteiger partial charge in [-0.25, -0.2) is 8.42 Å². The van der Waals surface area contributed by atoms with Gasteiger partial charge in [-0.05, 0) is 44.4 Å². The van der Waals surface area contributed by atoms with Gasteiger partial charge in [0.1, 0.15) is 0 Å².